The Balaban J connectivity index is 2.03. The van der Waals surface area contributed by atoms with E-state index in [-0.39, 0.29) is 23.4 Å². The Bertz CT molecular complexity index is 416. The number of hydrogen-bond acceptors (Lipinski definition) is 5. The van der Waals surface area contributed by atoms with E-state index in [0.717, 1.165) is 18.8 Å². The zero-order valence-corrected chi connectivity index (χ0v) is 11.6. The lowest BCUT2D eigenvalue weighted by Crippen LogP contribution is -2.29. The molecule has 0 N–H and O–H groups in total. The molecule has 1 fully saturated rings. The molecule has 2 rings (SSSR count). The summed E-state index contributed by atoms with van der Waals surface area (Å²) in [6.45, 7) is 4.53. The number of rotatable bonds is 3. The Hall–Kier alpha value is -1.10. The first-order valence-corrected chi connectivity index (χ1v) is 6.58. The van der Waals surface area contributed by atoms with Gasteiger partial charge < -0.3 is 9.47 Å². The second-order valence-corrected chi connectivity index (χ2v) is 5.22. The van der Waals surface area contributed by atoms with Crippen molar-refractivity contribution in [2.45, 2.75) is 39.2 Å². The Labute approximate surface area is 112 Å². The minimum Gasteiger partial charge on any atom is -0.467 e. The molecule has 3 unspecified atom stereocenters. The van der Waals surface area contributed by atoms with Gasteiger partial charge in [-0.05, 0) is 42.7 Å². The zero-order valence-electron chi connectivity index (χ0n) is 10.9. The summed E-state index contributed by atoms with van der Waals surface area (Å²) in [6.07, 6.45) is 3.37. The van der Waals surface area contributed by atoms with E-state index in [4.69, 9.17) is 21.1 Å². The van der Waals surface area contributed by atoms with Crippen molar-refractivity contribution >= 4 is 11.6 Å². The minimum atomic E-state index is 0.0917. The first-order valence-electron chi connectivity index (χ1n) is 6.20. The average Bonchev–Trinajstić information content (AvgIpc) is 2.33. The molecule has 18 heavy (non-hydrogen) atoms. The highest BCUT2D eigenvalue weighted by atomic mass is 35.5. The standard InChI is InChI=1S/C12H18ClN3O2/c1-7-4-5-9(6-8(7)2)18-12-15-10(13)14-11(16-12)17-3/h7-9H,4-6H2,1-3H3. The topological polar surface area (TPSA) is 57.1 Å². The summed E-state index contributed by atoms with van der Waals surface area (Å²) in [7, 11) is 1.49. The van der Waals surface area contributed by atoms with Crippen molar-refractivity contribution in [3.63, 3.8) is 0 Å². The van der Waals surface area contributed by atoms with Crippen molar-refractivity contribution in [1.29, 1.82) is 0 Å². The van der Waals surface area contributed by atoms with Crippen LogP contribution in [0, 0.1) is 11.8 Å². The molecule has 0 amide bonds. The summed E-state index contributed by atoms with van der Waals surface area (Å²) >= 11 is 5.78. The molecule has 0 aromatic carbocycles. The second kappa shape index (κ2) is 5.69. The van der Waals surface area contributed by atoms with Crippen LogP contribution in [0.2, 0.25) is 5.28 Å². The van der Waals surface area contributed by atoms with Crippen LogP contribution in [0.5, 0.6) is 12.0 Å². The fourth-order valence-corrected chi connectivity index (χ4v) is 2.36. The van der Waals surface area contributed by atoms with E-state index >= 15 is 0 Å². The number of halogens is 1. The number of nitrogens with zero attached hydrogens (tertiary/aromatic N) is 3. The minimum absolute atomic E-state index is 0.0917. The van der Waals surface area contributed by atoms with Crippen LogP contribution in [0.4, 0.5) is 0 Å². The molecule has 100 valence electrons. The third-order valence-electron chi connectivity index (χ3n) is 3.57. The van der Waals surface area contributed by atoms with Gasteiger partial charge >= 0.3 is 12.0 Å². The lowest BCUT2D eigenvalue weighted by atomic mass is 9.80. The maximum atomic E-state index is 5.78. The molecule has 1 saturated carbocycles. The van der Waals surface area contributed by atoms with Crippen molar-refractivity contribution in [2.24, 2.45) is 11.8 Å². The molecule has 0 aliphatic heterocycles. The van der Waals surface area contributed by atoms with Gasteiger partial charge in [0.1, 0.15) is 6.10 Å². The van der Waals surface area contributed by atoms with Crippen LogP contribution in [-0.4, -0.2) is 28.2 Å². The second-order valence-electron chi connectivity index (χ2n) is 4.88. The van der Waals surface area contributed by atoms with Crippen LogP contribution in [0.15, 0.2) is 0 Å². The third kappa shape index (κ3) is 3.22. The first-order chi connectivity index (χ1) is 8.58. The number of aromatic nitrogens is 3. The largest absolute Gasteiger partial charge is 0.467 e. The van der Waals surface area contributed by atoms with Gasteiger partial charge in [-0.3, -0.25) is 0 Å². The molecule has 1 aliphatic rings. The summed E-state index contributed by atoms with van der Waals surface area (Å²) in [6, 6.07) is 0.431. The van der Waals surface area contributed by atoms with Gasteiger partial charge in [-0.15, -0.1) is 4.98 Å². The summed E-state index contributed by atoms with van der Waals surface area (Å²) < 4.78 is 10.7. The third-order valence-corrected chi connectivity index (χ3v) is 3.74. The monoisotopic (exact) mass is 271 g/mol. The molecule has 0 bridgehead atoms. The van der Waals surface area contributed by atoms with E-state index in [9.17, 15) is 0 Å². The maximum absolute atomic E-state index is 5.78. The van der Waals surface area contributed by atoms with Crippen molar-refractivity contribution < 1.29 is 9.47 Å². The highest BCUT2D eigenvalue weighted by molar-refractivity contribution is 6.28. The summed E-state index contributed by atoms with van der Waals surface area (Å²) in [5.74, 6) is 1.41. The van der Waals surface area contributed by atoms with Gasteiger partial charge in [-0.1, -0.05) is 13.8 Å². The molecule has 5 nitrogen and oxygen atoms in total. The van der Waals surface area contributed by atoms with Crippen LogP contribution in [0.25, 0.3) is 0 Å². The fraction of sp³-hybridized carbons (Fsp3) is 0.750. The molecule has 1 aromatic heterocycles. The molecule has 0 saturated heterocycles. The van der Waals surface area contributed by atoms with Crippen molar-refractivity contribution in [1.82, 2.24) is 15.0 Å². The van der Waals surface area contributed by atoms with Crippen molar-refractivity contribution in [3.8, 4) is 12.0 Å². The lowest BCUT2D eigenvalue weighted by Gasteiger charge is -2.31. The van der Waals surface area contributed by atoms with Crippen molar-refractivity contribution in [2.75, 3.05) is 7.11 Å². The van der Waals surface area contributed by atoms with E-state index < -0.39 is 0 Å². The van der Waals surface area contributed by atoms with Crippen LogP contribution < -0.4 is 9.47 Å². The predicted octanol–water partition coefficient (Wildman–Crippen LogP) is 2.74. The number of ether oxygens (including phenoxy) is 2. The SMILES string of the molecule is COc1nc(Cl)nc(OC2CCC(C)C(C)C2)n1. The normalized spacial score (nSPS) is 27.9. The Morgan fingerprint density at radius 1 is 1.06 bits per heavy atom. The van der Waals surface area contributed by atoms with E-state index in [0.29, 0.717) is 5.92 Å². The Morgan fingerprint density at radius 2 is 1.78 bits per heavy atom. The van der Waals surface area contributed by atoms with Gasteiger partial charge in [0, 0.05) is 0 Å². The molecular formula is C12H18ClN3O2. The van der Waals surface area contributed by atoms with Gasteiger partial charge in [0.2, 0.25) is 5.28 Å². The maximum Gasteiger partial charge on any atom is 0.324 e. The predicted molar refractivity (Wildman–Crippen MR) is 68.0 cm³/mol. The van der Waals surface area contributed by atoms with Crippen LogP contribution in [0.1, 0.15) is 33.1 Å². The van der Waals surface area contributed by atoms with E-state index in [1.54, 1.807) is 0 Å². The highest BCUT2D eigenvalue weighted by Gasteiger charge is 2.26. The smallest absolute Gasteiger partial charge is 0.324 e. The Morgan fingerprint density at radius 3 is 2.44 bits per heavy atom. The van der Waals surface area contributed by atoms with E-state index in [1.807, 2.05) is 0 Å². The summed E-state index contributed by atoms with van der Waals surface area (Å²) in [5, 5.41) is 0.0917. The van der Waals surface area contributed by atoms with Gasteiger partial charge in [0.05, 0.1) is 7.11 Å². The zero-order chi connectivity index (χ0) is 13.1. The molecule has 0 spiro atoms. The van der Waals surface area contributed by atoms with E-state index in [1.165, 1.54) is 13.5 Å². The average molecular weight is 272 g/mol. The first kappa shape index (κ1) is 13.3. The van der Waals surface area contributed by atoms with E-state index in [2.05, 4.69) is 28.8 Å². The summed E-state index contributed by atoms with van der Waals surface area (Å²) in [4.78, 5) is 11.8. The molecule has 6 heteroatoms. The highest BCUT2D eigenvalue weighted by Crippen LogP contribution is 2.31. The molecule has 1 aliphatic carbocycles. The van der Waals surface area contributed by atoms with Gasteiger partial charge in [-0.25, -0.2) is 0 Å². The molecular weight excluding hydrogens is 254 g/mol. The molecule has 0 radical (unpaired) electrons. The molecule has 3 atom stereocenters. The fourth-order valence-electron chi connectivity index (χ4n) is 2.21. The van der Waals surface area contributed by atoms with Crippen LogP contribution >= 0.6 is 11.6 Å². The number of hydrogen-bond donors (Lipinski definition) is 0. The van der Waals surface area contributed by atoms with Gasteiger partial charge in [0.15, 0.2) is 0 Å². The van der Waals surface area contributed by atoms with Crippen molar-refractivity contribution in [3.05, 3.63) is 5.28 Å². The molecule has 1 aromatic rings. The molecule has 1 heterocycles. The Kier molecular flexibility index (Phi) is 4.22. The van der Waals surface area contributed by atoms with Crippen LogP contribution in [-0.2, 0) is 0 Å². The quantitative estimate of drug-likeness (QED) is 0.846. The van der Waals surface area contributed by atoms with Gasteiger partial charge in [-0.2, -0.15) is 9.97 Å². The lowest BCUT2D eigenvalue weighted by molar-refractivity contribution is 0.0908. The van der Waals surface area contributed by atoms with Gasteiger partial charge in [0.25, 0.3) is 0 Å². The summed E-state index contributed by atoms with van der Waals surface area (Å²) in [5.41, 5.74) is 0. The number of methoxy groups -OCH3 is 1. The van der Waals surface area contributed by atoms with Crippen LogP contribution in [0.3, 0.4) is 0 Å².